The summed E-state index contributed by atoms with van der Waals surface area (Å²) in [6, 6.07) is 8.30. The number of nitrogens with zero attached hydrogens (tertiary/aromatic N) is 1. The Hall–Kier alpha value is -2.48. The first-order valence-electron chi connectivity index (χ1n) is 5.90. The van der Waals surface area contributed by atoms with E-state index in [0.29, 0.717) is 11.3 Å². The van der Waals surface area contributed by atoms with Gasteiger partial charge in [0, 0.05) is 23.4 Å². The van der Waals surface area contributed by atoms with Crippen LogP contribution in [0, 0.1) is 35.7 Å². The lowest BCUT2D eigenvalue weighted by Gasteiger charge is -2.11. The number of halogens is 3. The molecule has 0 aliphatic heterocycles. The normalized spacial score (nSPS) is 10.2. The molecule has 0 saturated carbocycles. The number of hydrogen-bond acceptors (Lipinski definition) is 2. The summed E-state index contributed by atoms with van der Waals surface area (Å²) in [4.78, 5) is 0. The monoisotopic (exact) mass is 276 g/mol. The quantitative estimate of drug-likeness (QED) is 0.923. The number of rotatable bonds is 3. The van der Waals surface area contributed by atoms with E-state index in [2.05, 4.69) is 5.32 Å². The Kier molecular flexibility index (Phi) is 3.94. The van der Waals surface area contributed by atoms with Crippen LogP contribution in [0.4, 0.5) is 18.9 Å². The molecule has 0 atom stereocenters. The molecule has 0 bridgehead atoms. The Balaban J connectivity index is 2.25. The molecule has 0 spiro atoms. The van der Waals surface area contributed by atoms with Gasteiger partial charge >= 0.3 is 0 Å². The number of anilines is 1. The summed E-state index contributed by atoms with van der Waals surface area (Å²) in [5.74, 6) is -2.39. The van der Waals surface area contributed by atoms with Crippen LogP contribution in [0.1, 0.15) is 16.7 Å². The van der Waals surface area contributed by atoms with Crippen molar-refractivity contribution in [3.63, 3.8) is 0 Å². The van der Waals surface area contributed by atoms with E-state index in [0.717, 1.165) is 12.1 Å². The Morgan fingerprint density at radius 3 is 2.60 bits per heavy atom. The molecule has 2 aromatic carbocycles. The average molecular weight is 276 g/mol. The molecule has 0 aliphatic rings. The molecular formula is C15H11F3N2. The molecule has 20 heavy (non-hydrogen) atoms. The minimum Gasteiger partial charge on any atom is -0.381 e. The molecule has 0 unspecified atom stereocenters. The molecule has 0 fully saturated rings. The summed E-state index contributed by atoms with van der Waals surface area (Å²) < 4.78 is 40.1. The highest BCUT2D eigenvalue weighted by atomic mass is 19.2. The van der Waals surface area contributed by atoms with Gasteiger partial charge in [-0.2, -0.15) is 5.26 Å². The van der Waals surface area contributed by atoms with Crippen LogP contribution in [-0.4, -0.2) is 0 Å². The molecule has 1 N–H and O–H groups in total. The molecular weight excluding hydrogens is 265 g/mol. The minimum atomic E-state index is -0.936. The summed E-state index contributed by atoms with van der Waals surface area (Å²) >= 11 is 0. The Labute approximate surface area is 114 Å². The van der Waals surface area contributed by atoms with E-state index in [1.807, 2.05) is 6.07 Å². The smallest absolute Gasteiger partial charge is 0.163 e. The fourth-order valence-corrected chi connectivity index (χ4v) is 1.80. The molecule has 0 saturated heterocycles. The number of benzene rings is 2. The van der Waals surface area contributed by atoms with Gasteiger partial charge in [0.1, 0.15) is 5.82 Å². The molecule has 0 radical (unpaired) electrons. The summed E-state index contributed by atoms with van der Waals surface area (Å²) in [6.45, 7) is 1.54. The van der Waals surface area contributed by atoms with Gasteiger partial charge in [-0.15, -0.1) is 0 Å². The van der Waals surface area contributed by atoms with Crippen molar-refractivity contribution in [3.05, 3.63) is 64.5 Å². The summed E-state index contributed by atoms with van der Waals surface area (Å²) in [5, 5.41) is 11.6. The van der Waals surface area contributed by atoms with E-state index in [1.54, 1.807) is 6.92 Å². The number of nitrogens with one attached hydrogen (secondary N) is 1. The second-order valence-electron chi connectivity index (χ2n) is 4.31. The molecule has 0 aromatic heterocycles. The third-order valence-corrected chi connectivity index (χ3v) is 2.97. The number of nitriles is 1. The van der Waals surface area contributed by atoms with Crippen LogP contribution in [0.3, 0.4) is 0 Å². The topological polar surface area (TPSA) is 35.8 Å². The van der Waals surface area contributed by atoms with E-state index in [1.165, 1.54) is 18.2 Å². The highest BCUT2D eigenvalue weighted by Crippen LogP contribution is 2.22. The zero-order valence-corrected chi connectivity index (χ0v) is 10.7. The molecule has 0 aliphatic carbocycles. The second-order valence-corrected chi connectivity index (χ2v) is 4.31. The van der Waals surface area contributed by atoms with Crippen LogP contribution in [0.5, 0.6) is 0 Å². The molecule has 0 amide bonds. The standard InChI is InChI=1S/C15H11F3N2/c1-9-13(17)5-10(7-19)6-14(9)20-8-11-3-2-4-12(16)15(11)18/h2-6,20H,8H2,1H3. The van der Waals surface area contributed by atoms with Crippen molar-refractivity contribution < 1.29 is 13.2 Å². The molecule has 102 valence electrons. The predicted molar refractivity (Wildman–Crippen MR) is 69.5 cm³/mol. The summed E-state index contributed by atoms with van der Waals surface area (Å²) in [7, 11) is 0. The third kappa shape index (κ3) is 2.75. The molecule has 2 aromatic rings. The lowest BCUT2D eigenvalue weighted by molar-refractivity contribution is 0.500. The van der Waals surface area contributed by atoms with Crippen LogP contribution >= 0.6 is 0 Å². The van der Waals surface area contributed by atoms with E-state index < -0.39 is 17.5 Å². The Morgan fingerprint density at radius 1 is 1.15 bits per heavy atom. The Bertz CT molecular complexity index is 690. The molecule has 5 heteroatoms. The van der Waals surface area contributed by atoms with Crippen LogP contribution in [0.2, 0.25) is 0 Å². The van der Waals surface area contributed by atoms with Gasteiger partial charge in [-0.1, -0.05) is 12.1 Å². The first-order chi connectivity index (χ1) is 9.52. The van der Waals surface area contributed by atoms with Gasteiger partial charge in [0.15, 0.2) is 11.6 Å². The van der Waals surface area contributed by atoms with E-state index >= 15 is 0 Å². The van der Waals surface area contributed by atoms with Gasteiger partial charge in [-0.3, -0.25) is 0 Å². The molecule has 2 rings (SSSR count). The lowest BCUT2D eigenvalue weighted by atomic mass is 10.1. The van der Waals surface area contributed by atoms with Crippen molar-refractivity contribution in [2.24, 2.45) is 0 Å². The predicted octanol–water partition coefficient (Wildman–Crippen LogP) is 3.90. The zero-order chi connectivity index (χ0) is 14.7. The van der Waals surface area contributed by atoms with Crippen LogP contribution < -0.4 is 5.32 Å². The number of hydrogen-bond donors (Lipinski definition) is 1. The van der Waals surface area contributed by atoms with E-state index in [9.17, 15) is 13.2 Å². The SMILES string of the molecule is Cc1c(F)cc(C#N)cc1NCc1cccc(F)c1F. The van der Waals surface area contributed by atoms with Crippen molar-refractivity contribution >= 4 is 5.69 Å². The van der Waals surface area contributed by atoms with Gasteiger partial charge in [-0.05, 0) is 25.1 Å². The van der Waals surface area contributed by atoms with Crippen molar-refractivity contribution in [2.45, 2.75) is 13.5 Å². The van der Waals surface area contributed by atoms with E-state index in [-0.39, 0.29) is 17.7 Å². The van der Waals surface area contributed by atoms with Crippen molar-refractivity contribution in [1.82, 2.24) is 0 Å². The maximum Gasteiger partial charge on any atom is 0.163 e. The summed E-state index contributed by atoms with van der Waals surface area (Å²) in [5.41, 5.74) is 0.994. The van der Waals surface area contributed by atoms with Gasteiger partial charge < -0.3 is 5.32 Å². The van der Waals surface area contributed by atoms with Gasteiger partial charge in [0.05, 0.1) is 11.6 Å². The molecule has 2 nitrogen and oxygen atoms in total. The minimum absolute atomic E-state index is 0.00123. The third-order valence-electron chi connectivity index (χ3n) is 2.97. The van der Waals surface area contributed by atoms with Crippen molar-refractivity contribution in [1.29, 1.82) is 5.26 Å². The van der Waals surface area contributed by atoms with E-state index in [4.69, 9.17) is 5.26 Å². The summed E-state index contributed by atoms with van der Waals surface area (Å²) in [6.07, 6.45) is 0. The largest absolute Gasteiger partial charge is 0.381 e. The first-order valence-corrected chi connectivity index (χ1v) is 5.90. The van der Waals surface area contributed by atoms with Gasteiger partial charge in [0.2, 0.25) is 0 Å². The van der Waals surface area contributed by atoms with Crippen molar-refractivity contribution in [3.8, 4) is 6.07 Å². The second kappa shape index (κ2) is 5.66. The molecule has 0 heterocycles. The lowest BCUT2D eigenvalue weighted by Crippen LogP contribution is -2.05. The fraction of sp³-hybridized carbons (Fsp3) is 0.133. The van der Waals surface area contributed by atoms with Crippen LogP contribution in [0.25, 0.3) is 0 Å². The zero-order valence-electron chi connectivity index (χ0n) is 10.7. The van der Waals surface area contributed by atoms with Crippen LogP contribution in [0.15, 0.2) is 30.3 Å². The maximum absolute atomic E-state index is 13.6. The van der Waals surface area contributed by atoms with Gasteiger partial charge in [-0.25, -0.2) is 13.2 Å². The average Bonchev–Trinajstić information content (AvgIpc) is 2.44. The first kappa shape index (κ1) is 13.9. The Morgan fingerprint density at radius 2 is 1.90 bits per heavy atom. The maximum atomic E-state index is 13.6. The highest BCUT2D eigenvalue weighted by molar-refractivity contribution is 5.56. The fourth-order valence-electron chi connectivity index (χ4n) is 1.80. The highest BCUT2D eigenvalue weighted by Gasteiger charge is 2.10. The van der Waals surface area contributed by atoms with Gasteiger partial charge in [0.25, 0.3) is 0 Å². The van der Waals surface area contributed by atoms with Crippen LogP contribution in [-0.2, 0) is 6.54 Å². The van der Waals surface area contributed by atoms with Crippen molar-refractivity contribution in [2.75, 3.05) is 5.32 Å².